The van der Waals surface area contributed by atoms with Crippen molar-refractivity contribution >= 4 is 17.7 Å². The molecule has 3 nitrogen and oxygen atoms in total. The van der Waals surface area contributed by atoms with Crippen LogP contribution in [0.3, 0.4) is 0 Å². The lowest BCUT2D eigenvalue weighted by Crippen LogP contribution is -2.41. The predicted molar refractivity (Wildman–Crippen MR) is 78.9 cm³/mol. The highest BCUT2D eigenvalue weighted by Crippen LogP contribution is 2.03. The molecule has 0 saturated heterocycles. The first-order chi connectivity index (χ1) is 8.63. The Bertz CT molecular complexity index is 365. The highest BCUT2D eigenvalue weighted by Gasteiger charge is 2.11. The monoisotopic (exact) mass is 266 g/mol. The number of nitrogens with one attached hydrogen (secondary N) is 1. The van der Waals surface area contributed by atoms with Crippen molar-refractivity contribution in [1.82, 2.24) is 5.32 Å². The SMILES string of the molecule is CSCC[C@H](N)C(=O)NCCc1ccc(C)cc1. The number of nitrogens with two attached hydrogens (primary N) is 1. The number of aryl methyl sites for hydroxylation is 1. The Morgan fingerprint density at radius 3 is 2.67 bits per heavy atom. The van der Waals surface area contributed by atoms with Gasteiger partial charge in [0.1, 0.15) is 0 Å². The summed E-state index contributed by atoms with van der Waals surface area (Å²) in [5, 5.41) is 2.88. The maximum atomic E-state index is 11.6. The molecule has 4 heteroatoms. The van der Waals surface area contributed by atoms with Crippen LogP contribution in [0, 0.1) is 6.92 Å². The molecule has 0 aliphatic heterocycles. The summed E-state index contributed by atoms with van der Waals surface area (Å²) < 4.78 is 0. The second-order valence-corrected chi connectivity index (χ2v) is 5.40. The Morgan fingerprint density at radius 2 is 2.06 bits per heavy atom. The summed E-state index contributed by atoms with van der Waals surface area (Å²) in [4.78, 5) is 11.6. The van der Waals surface area contributed by atoms with Crippen molar-refractivity contribution in [3.8, 4) is 0 Å². The maximum absolute atomic E-state index is 11.6. The van der Waals surface area contributed by atoms with Crippen molar-refractivity contribution in [2.45, 2.75) is 25.8 Å². The van der Waals surface area contributed by atoms with Gasteiger partial charge >= 0.3 is 0 Å². The van der Waals surface area contributed by atoms with Gasteiger partial charge in [-0.25, -0.2) is 0 Å². The van der Waals surface area contributed by atoms with E-state index in [1.165, 1.54) is 11.1 Å². The number of hydrogen-bond acceptors (Lipinski definition) is 3. The van der Waals surface area contributed by atoms with Crippen LogP contribution in [0.4, 0.5) is 0 Å². The number of thioether (sulfide) groups is 1. The van der Waals surface area contributed by atoms with E-state index in [4.69, 9.17) is 5.73 Å². The Labute approximate surface area is 114 Å². The molecule has 0 spiro atoms. The van der Waals surface area contributed by atoms with Crippen LogP contribution in [0.5, 0.6) is 0 Å². The van der Waals surface area contributed by atoms with Crippen molar-refractivity contribution in [1.29, 1.82) is 0 Å². The molecule has 0 fully saturated rings. The second-order valence-electron chi connectivity index (χ2n) is 4.41. The molecular weight excluding hydrogens is 244 g/mol. The van der Waals surface area contributed by atoms with Gasteiger partial charge in [-0.3, -0.25) is 4.79 Å². The third-order valence-corrected chi connectivity index (χ3v) is 3.45. The van der Waals surface area contributed by atoms with E-state index in [0.717, 1.165) is 18.6 Å². The molecule has 0 saturated carbocycles. The lowest BCUT2D eigenvalue weighted by molar-refractivity contribution is -0.122. The molecule has 1 aromatic carbocycles. The quantitative estimate of drug-likeness (QED) is 0.790. The number of rotatable bonds is 7. The molecule has 1 atom stereocenters. The van der Waals surface area contributed by atoms with Crippen molar-refractivity contribution in [2.24, 2.45) is 5.73 Å². The second kappa shape index (κ2) is 8.16. The summed E-state index contributed by atoms with van der Waals surface area (Å²) in [6, 6.07) is 7.97. The van der Waals surface area contributed by atoms with Crippen molar-refractivity contribution < 1.29 is 4.79 Å². The molecule has 18 heavy (non-hydrogen) atoms. The topological polar surface area (TPSA) is 55.1 Å². The van der Waals surface area contributed by atoms with Gasteiger partial charge in [0.05, 0.1) is 6.04 Å². The molecular formula is C14H22N2OS. The molecule has 0 heterocycles. The normalized spacial score (nSPS) is 12.2. The lowest BCUT2D eigenvalue weighted by Gasteiger charge is -2.11. The summed E-state index contributed by atoms with van der Waals surface area (Å²) >= 11 is 1.71. The van der Waals surface area contributed by atoms with E-state index in [2.05, 4.69) is 36.5 Å². The fourth-order valence-electron chi connectivity index (χ4n) is 1.59. The molecule has 0 bridgehead atoms. The lowest BCUT2D eigenvalue weighted by atomic mass is 10.1. The van der Waals surface area contributed by atoms with Gasteiger partial charge in [0.15, 0.2) is 0 Å². The van der Waals surface area contributed by atoms with Gasteiger partial charge in [0.25, 0.3) is 0 Å². The van der Waals surface area contributed by atoms with Gasteiger partial charge in [0.2, 0.25) is 5.91 Å². The number of amides is 1. The van der Waals surface area contributed by atoms with Gasteiger partial charge in [0, 0.05) is 6.54 Å². The minimum atomic E-state index is -0.379. The standard InChI is InChI=1S/C14H22N2OS/c1-11-3-5-12(6-4-11)7-9-16-14(17)13(15)8-10-18-2/h3-6,13H,7-10,15H2,1-2H3,(H,16,17)/t13-/m0/s1. The molecule has 0 unspecified atom stereocenters. The van der Waals surface area contributed by atoms with E-state index in [1.807, 2.05) is 6.26 Å². The van der Waals surface area contributed by atoms with Gasteiger partial charge in [-0.1, -0.05) is 29.8 Å². The highest BCUT2D eigenvalue weighted by molar-refractivity contribution is 7.98. The minimum Gasteiger partial charge on any atom is -0.354 e. The zero-order valence-electron chi connectivity index (χ0n) is 11.1. The molecule has 1 rings (SSSR count). The smallest absolute Gasteiger partial charge is 0.236 e. The fraction of sp³-hybridized carbons (Fsp3) is 0.500. The average Bonchev–Trinajstić information content (AvgIpc) is 2.38. The van der Waals surface area contributed by atoms with E-state index < -0.39 is 0 Å². The van der Waals surface area contributed by atoms with Gasteiger partial charge in [-0.2, -0.15) is 11.8 Å². The minimum absolute atomic E-state index is 0.0452. The first-order valence-electron chi connectivity index (χ1n) is 6.21. The first kappa shape index (κ1) is 15.1. The predicted octanol–water partition coefficient (Wildman–Crippen LogP) is 1.73. The molecule has 3 N–H and O–H groups in total. The highest BCUT2D eigenvalue weighted by atomic mass is 32.2. The molecule has 0 aliphatic rings. The summed E-state index contributed by atoms with van der Waals surface area (Å²) in [7, 11) is 0. The molecule has 100 valence electrons. The van der Waals surface area contributed by atoms with Crippen LogP contribution in [-0.4, -0.2) is 30.5 Å². The van der Waals surface area contributed by atoms with Crippen LogP contribution < -0.4 is 11.1 Å². The summed E-state index contributed by atoms with van der Waals surface area (Å²) in [6.45, 7) is 2.71. The third-order valence-electron chi connectivity index (χ3n) is 2.80. The average molecular weight is 266 g/mol. The Morgan fingerprint density at radius 1 is 1.39 bits per heavy atom. The van der Waals surface area contributed by atoms with Crippen LogP contribution in [0.25, 0.3) is 0 Å². The molecule has 1 amide bonds. The van der Waals surface area contributed by atoms with Crippen LogP contribution in [-0.2, 0) is 11.2 Å². The van der Waals surface area contributed by atoms with E-state index in [1.54, 1.807) is 11.8 Å². The zero-order chi connectivity index (χ0) is 13.4. The Kier molecular flexibility index (Phi) is 6.83. The van der Waals surface area contributed by atoms with E-state index in [0.29, 0.717) is 6.54 Å². The number of hydrogen-bond donors (Lipinski definition) is 2. The van der Waals surface area contributed by atoms with Crippen LogP contribution in [0.15, 0.2) is 24.3 Å². The van der Waals surface area contributed by atoms with Crippen LogP contribution in [0.1, 0.15) is 17.5 Å². The van der Waals surface area contributed by atoms with E-state index in [-0.39, 0.29) is 11.9 Å². The molecule has 1 aromatic rings. The molecule has 0 aliphatic carbocycles. The van der Waals surface area contributed by atoms with Gasteiger partial charge in [-0.15, -0.1) is 0 Å². The number of benzene rings is 1. The summed E-state index contributed by atoms with van der Waals surface area (Å²) in [5.74, 6) is 0.878. The largest absolute Gasteiger partial charge is 0.354 e. The number of carbonyl (C=O) groups excluding carboxylic acids is 1. The Hall–Kier alpha value is -1.00. The summed E-state index contributed by atoms with van der Waals surface area (Å²) in [5.41, 5.74) is 8.26. The van der Waals surface area contributed by atoms with Crippen molar-refractivity contribution in [3.63, 3.8) is 0 Å². The number of carbonyl (C=O) groups is 1. The van der Waals surface area contributed by atoms with Gasteiger partial charge < -0.3 is 11.1 Å². The van der Waals surface area contributed by atoms with E-state index in [9.17, 15) is 4.79 Å². The van der Waals surface area contributed by atoms with E-state index >= 15 is 0 Å². The van der Waals surface area contributed by atoms with Gasteiger partial charge in [-0.05, 0) is 37.3 Å². The third kappa shape index (κ3) is 5.56. The van der Waals surface area contributed by atoms with Crippen LogP contribution >= 0.6 is 11.8 Å². The molecule has 0 aromatic heterocycles. The fourth-order valence-corrected chi connectivity index (χ4v) is 2.08. The van der Waals surface area contributed by atoms with Crippen molar-refractivity contribution in [3.05, 3.63) is 35.4 Å². The zero-order valence-corrected chi connectivity index (χ0v) is 11.9. The maximum Gasteiger partial charge on any atom is 0.236 e. The van der Waals surface area contributed by atoms with Crippen LogP contribution in [0.2, 0.25) is 0 Å². The first-order valence-corrected chi connectivity index (χ1v) is 7.60. The Balaban J connectivity index is 2.24. The summed E-state index contributed by atoms with van der Waals surface area (Å²) in [6.07, 6.45) is 3.60. The van der Waals surface area contributed by atoms with Crippen molar-refractivity contribution in [2.75, 3.05) is 18.6 Å². The molecule has 0 radical (unpaired) electrons.